The lowest BCUT2D eigenvalue weighted by Crippen LogP contribution is -2.30. The van der Waals surface area contributed by atoms with Gasteiger partial charge in [-0.1, -0.05) is 23.2 Å². The van der Waals surface area contributed by atoms with E-state index in [1.165, 1.54) is 6.07 Å². The molecule has 0 unspecified atom stereocenters. The molecule has 0 spiro atoms. The van der Waals surface area contributed by atoms with E-state index in [-0.39, 0.29) is 26.9 Å². The molecule has 1 aromatic rings. The van der Waals surface area contributed by atoms with Crippen LogP contribution in [0.15, 0.2) is 17.0 Å². The van der Waals surface area contributed by atoms with Gasteiger partial charge in [0.25, 0.3) is 0 Å². The van der Waals surface area contributed by atoms with Crippen LogP contribution in [-0.2, 0) is 15.9 Å². The molecule has 0 fully saturated rings. The van der Waals surface area contributed by atoms with Crippen LogP contribution in [-0.4, -0.2) is 14.5 Å². The van der Waals surface area contributed by atoms with Crippen LogP contribution in [0.1, 0.15) is 19.4 Å². The van der Waals surface area contributed by atoms with Crippen molar-refractivity contribution in [1.82, 2.24) is 4.72 Å². The van der Waals surface area contributed by atoms with Gasteiger partial charge in [0.05, 0.1) is 5.02 Å². The highest BCUT2D eigenvalue weighted by molar-refractivity contribution is 7.89. The normalized spacial score (nSPS) is 12.1. The van der Waals surface area contributed by atoms with Crippen molar-refractivity contribution >= 4 is 44.8 Å². The summed E-state index contributed by atoms with van der Waals surface area (Å²) in [7, 11) is -3.67. The highest BCUT2D eigenvalue weighted by Gasteiger charge is 2.21. The van der Waals surface area contributed by atoms with E-state index in [1.807, 2.05) is 0 Å². The molecule has 0 atom stereocenters. The second kappa shape index (κ2) is 5.76. The topological polar surface area (TPSA) is 46.2 Å². The van der Waals surface area contributed by atoms with E-state index < -0.39 is 10.0 Å². The summed E-state index contributed by atoms with van der Waals surface area (Å²) in [5.74, 6) is 0.101. The van der Waals surface area contributed by atoms with Crippen LogP contribution >= 0.6 is 34.8 Å². The van der Waals surface area contributed by atoms with Crippen LogP contribution < -0.4 is 4.72 Å². The molecule has 0 radical (unpaired) electrons. The Balaban J connectivity index is 3.36. The third-order valence-corrected chi connectivity index (χ3v) is 4.65. The van der Waals surface area contributed by atoms with Gasteiger partial charge in [0, 0.05) is 16.9 Å². The second-order valence-corrected chi connectivity index (χ2v) is 6.55. The minimum absolute atomic E-state index is 0.0454. The largest absolute Gasteiger partial charge is 0.242 e. The molecule has 1 aromatic carbocycles. The maximum atomic E-state index is 12.0. The zero-order valence-electron chi connectivity index (χ0n) is 9.30. The number of halogens is 3. The molecule has 7 heteroatoms. The summed E-state index contributed by atoms with van der Waals surface area (Å²) >= 11 is 17.5. The monoisotopic (exact) mass is 315 g/mol. The van der Waals surface area contributed by atoms with Crippen LogP contribution in [0.2, 0.25) is 10.0 Å². The number of alkyl halides is 1. The Morgan fingerprint density at radius 2 is 1.88 bits per heavy atom. The Kier molecular flexibility index (Phi) is 5.10. The number of rotatable bonds is 4. The number of hydrogen-bond acceptors (Lipinski definition) is 2. The van der Waals surface area contributed by atoms with Crippen molar-refractivity contribution in [2.45, 2.75) is 30.7 Å². The van der Waals surface area contributed by atoms with Crippen LogP contribution in [0.5, 0.6) is 0 Å². The number of hydrogen-bond donors (Lipinski definition) is 1. The molecule has 1 rings (SSSR count). The molecular formula is C10H12Cl3NO2S. The van der Waals surface area contributed by atoms with Crippen molar-refractivity contribution < 1.29 is 8.42 Å². The lowest BCUT2D eigenvalue weighted by Gasteiger charge is -2.13. The van der Waals surface area contributed by atoms with Gasteiger partial charge in [-0.3, -0.25) is 0 Å². The average molecular weight is 317 g/mol. The zero-order chi connectivity index (χ0) is 13.2. The number of sulfonamides is 1. The van der Waals surface area contributed by atoms with E-state index in [0.29, 0.717) is 5.56 Å². The van der Waals surface area contributed by atoms with Gasteiger partial charge < -0.3 is 0 Å². The van der Waals surface area contributed by atoms with Crippen LogP contribution in [0.3, 0.4) is 0 Å². The lowest BCUT2D eigenvalue weighted by atomic mass is 10.2. The first-order chi connectivity index (χ1) is 7.77. The highest BCUT2D eigenvalue weighted by Crippen LogP contribution is 2.30. The van der Waals surface area contributed by atoms with Crippen LogP contribution in [0.4, 0.5) is 0 Å². The van der Waals surface area contributed by atoms with Crippen molar-refractivity contribution in [3.8, 4) is 0 Å². The molecule has 96 valence electrons. The van der Waals surface area contributed by atoms with E-state index in [9.17, 15) is 8.42 Å². The third-order valence-electron chi connectivity index (χ3n) is 1.90. The lowest BCUT2D eigenvalue weighted by molar-refractivity contribution is 0.570. The molecule has 0 saturated heterocycles. The summed E-state index contributed by atoms with van der Waals surface area (Å²) in [6.45, 7) is 3.44. The number of benzene rings is 1. The van der Waals surface area contributed by atoms with E-state index in [4.69, 9.17) is 34.8 Å². The van der Waals surface area contributed by atoms with Crippen molar-refractivity contribution in [3.05, 3.63) is 27.7 Å². The SMILES string of the molecule is CC(C)NS(=O)(=O)c1cc(Cl)cc(CCl)c1Cl. The first-order valence-electron chi connectivity index (χ1n) is 4.84. The quantitative estimate of drug-likeness (QED) is 0.865. The molecule has 0 aliphatic heterocycles. The van der Waals surface area contributed by atoms with Crippen molar-refractivity contribution in [3.63, 3.8) is 0 Å². The first-order valence-corrected chi connectivity index (χ1v) is 7.61. The Morgan fingerprint density at radius 3 is 2.35 bits per heavy atom. The summed E-state index contributed by atoms with van der Waals surface area (Å²) in [6.07, 6.45) is 0. The maximum absolute atomic E-state index is 12.0. The van der Waals surface area contributed by atoms with E-state index in [2.05, 4.69) is 4.72 Å². The van der Waals surface area contributed by atoms with Gasteiger partial charge in [0.15, 0.2) is 0 Å². The summed E-state index contributed by atoms with van der Waals surface area (Å²) in [5, 5.41) is 0.395. The van der Waals surface area contributed by atoms with E-state index in [1.54, 1.807) is 19.9 Å². The number of nitrogens with one attached hydrogen (secondary N) is 1. The fourth-order valence-corrected chi connectivity index (χ4v) is 3.75. The molecular weight excluding hydrogens is 305 g/mol. The second-order valence-electron chi connectivity index (χ2n) is 3.79. The Morgan fingerprint density at radius 1 is 1.29 bits per heavy atom. The van der Waals surface area contributed by atoms with E-state index >= 15 is 0 Å². The Bertz CT molecular complexity index is 515. The van der Waals surface area contributed by atoms with Gasteiger partial charge in [-0.2, -0.15) is 0 Å². The predicted octanol–water partition coefficient (Wildman–Crippen LogP) is 3.42. The molecule has 0 aromatic heterocycles. The van der Waals surface area contributed by atoms with E-state index in [0.717, 1.165) is 0 Å². The zero-order valence-corrected chi connectivity index (χ0v) is 12.4. The van der Waals surface area contributed by atoms with Gasteiger partial charge in [-0.15, -0.1) is 11.6 Å². The Labute approximate surface area is 116 Å². The van der Waals surface area contributed by atoms with Gasteiger partial charge >= 0.3 is 0 Å². The predicted molar refractivity (Wildman–Crippen MR) is 71.5 cm³/mol. The minimum Gasteiger partial charge on any atom is -0.209 e. The molecule has 0 bridgehead atoms. The van der Waals surface area contributed by atoms with Crippen molar-refractivity contribution in [2.24, 2.45) is 0 Å². The smallest absolute Gasteiger partial charge is 0.209 e. The Hall–Kier alpha value is -0.000000000000000111. The third kappa shape index (κ3) is 3.73. The highest BCUT2D eigenvalue weighted by atomic mass is 35.5. The molecule has 17 heavy (non-hydrogen) atoms. The van der Waals surface area contributed by atoms with Gasteiger partial charge in [-0.05, 0) is 31.5 Å². The summed E-state index contributed by atoms with van der Waals surface area (Å²) in [6, 6.07) is 2.63. The fraction of sp³-hybridized carbons (Fsp3) is 0.400. The fourth-order valence-electron chi connectivity index (χ4n) is 1.28. The van der Waals surface area contributed by atoms with Crippen molar-refractivity contribution in [1.29, 1.82) is 0 Å². The van der Waals surface area contributed by atoms with Crippen LogP contribution in [0, 0.1) is 0 Å². The molecule has 0 aliphatic rings. The van der Waals surface area contributed by atoms with Crippen LogP contribution in [0.25, 0.3) is 0 Å². The summed E-state index contributed by atoms with van der Waals surface area (Å²) < 4.78 is 26.4. The average Bonchev–Trinajstić information content (AvgIpc) is 2.18. The van der Waals surface area contributed by atoms with Gasteiger partial charge in [-0.25, -0.2) is 13.1 Å². The molecule has 1 N–H and O–H groups in total. The van der Waals surface area contributed by atoms with Crippen molar-refractivity contribution in [2.75, 3.05) is 0 Å². The summed E-state index contributed by atoms with van der Waals surface area (Å²) in [5.41, 5.74) is 0.491. The summed E-state index contributed by atoms with van der Waals surface area (Å²) in [4.78, 5) is -0.0454. The maximum Gasteiger partial charge on any atom is 0.242 e. The molecule has 0 heterocycles. The first kappa shape index (κ1) is 15.1. The molecule has 0 saturated carbocycles. The molecule has 0 amide bonds. The molecule has 0 aliphatic carbocycles. The van der Waals surface area contributed by atoms with Gasteiger partial charge in [0.1, 0.15) is 4.90 Å². The minimum atomic E-state index is -3.67. The molecule has 3 nitrogen and oxygen atoms in total. The van der Waals surface area contributed by atoms with Gasteiger partial charge in [0.2, 0.25) is 10.0 Å². The standard InChI is InChI=1S/C10H12Cl3NO2S/c1-6(2)14-17(15,16)9-4-8(12)3-7(5-11)10(9)13/h3-4,6,14H,5H2,1-2H3.